The van der Waals surface area contributed by atoms with Crippen LogP contribution in [0, 0.1) is 0 Å². The smallest absolute Gasteiger partial charge is 0.323 e. The highest BCUT2D eigenvalue weighted by Gasteiger charge is 2.32. The predicted octanol–water partition coefficient (Wildman–Crippen LogP) is 1.72. The number of nitrogens with one attached hydrogen (secondary N) is 1. The van der Waals surface area contributed by atoms with Gasteiger partial charge in [0.15, 0.2) is 0 Å². The maximum atomic E-state index is 11.4. The number of carbonyl (C=O) groups is 1. The molecule has 0 amide bonds. The van der Waals surface area contributed by atoms with Gasteiger partial charge in [0.1, 0.15) is 5.54 Å². The highest BCUT2D eigenvalue weighted by Crippen LogP contribution is 2.16. The number of ether oxygens (including phenoxy) is 1. The lowest BCUT2D eigenvalue weighted by molar-refractivity contribution is -0.144. The van der Waals surface area contributed by atoms with Crippen LogP contribution in [0.3, 0.4) is 0 Å². The van der Waals surface area contributed by atoms with E-state index in [0.29, 0.717) is 12.5 Å². The van der Waals surface area contributed by atoms with Crippen LogP contribution in [-0.2, 0) is 9.53 Å². The molecule has 2 N–H and O–H groups in total. The molecule has 0 aromatic heterocycles. The zero-order chi connectivity index (χ0) is 15.0. The molecule has 0 aliphatic carbocycles. The van der Waals surface area contributed by atoms with Crippen molar-refractivity contribution in [3.63, 3.8) is 0 Å². The first-order chi connectivity index (χ1) is 9.53. The topological polar surface area (TPSA) is 61.8 Å². The molecule has 1 aliphatic heterocycles. The van der Waals surface area contributed by atoms with Gasteiger partial charge in [0.2, 0.25) is 0 Å². The van der Waals surface area contributed by atoms with Gasteiger partial charge < -0.3 is 15.2 Å². The van der Waals surface area contributed by atoms with E-state index < -0.39 is 11.5 Å². The number of nitrogens with zero attached hydrogens (tertiary/aromatic N) is 1. The molecule has 1 aliphatic rings. The molecule has 2 unspecified atom stereocenters. The number of carboxylic acid groups (broad SMARTS) is 1. The second-order valence-electron chi connectivity index (χ2n) is 5.84. The van der Waals surface area contributed by atoms with Crippen molar-refractivity contribution in [1.82, 2.24) is 10.2 Å². The summed E-state index contributed by atoms with van der Waals surface area (Å²) in [6, 6.07) is 0.489. The van der Waals surface area contributed by atoms with Crippen LogP contribution < -0.4 is 5.32 Å². The molecule has 1 fully saturated rings. The summed E-state index contributed by atoms with van der Waals surface area (Å²) < 4.78 is 5.49. The Morgan fingerprint density at radius 2 is 2.25 bits per heavy atom. The fourth-order valence-corrected chi connectivity index (χ4v) is 2.67. The maximum absolute atomic E-state index is 11.4. The molecule has 0 saturated carbocycles. The van der Waals surface area contributed by atoms with Gasteiger partial charge in [-0.2, -0.15) is 0 Å². The SMILES string of the molecule is CCCNC(C)(CCCN1CCOCC1CC)C(=O)O. The Morgan fingerprint density at radius 1 is 1.50 bits per heavy atom. The number of hydrogen-bond donors (Lipinski definition) is 2. The van der Waals surface area contributed by atoms with E-state index in [2.05, 4.69) is 24.1 Å². The van der Waals surface area contributed by atoms with E-state index in [9.17, 15) is 9.90 Å². The lowest BCUT2D eigenvalue weighted by Gasteiger charge is -2.36. The zero-order valence-electron chi connectivity index (χ0n) is 13.2. The summed E-state index contributed by atoms with van der Waals surface area (Å²) in [6.45, 7) is 10.3. The van der Waals surface area contributed by atoms with E-state index in [-0.39, 0.29) is 0 Å². The molecule has 118 valence electrons. The monoisotopic (exact) mass is 286 g/mol. The van der Waals surface area contributed by atoms with Crippen LogP contribution in [0.25, 0.3) is 0 Å². The maximum Gasteiger partial charge on any atom is 0.323 e. The standard InChI is InChI=1S/C15H30N2O3/c1-4-8-16-15(3,14(18)19)7-6-9-17-10-11-20-12-13(17)5-2/h13,16H,4-12H2,1-3H3,(H,18,19). The van der Waals surface area contributed by atoms with Crippen molar-refractivity contribution in [3.05, 3.63) is 0 Å². The molecule has 1 saturated heterocycles. The van der Waals surface area contributed by atoms with Crippen molar-refractivity contribution in [2.24, 2.45) is 0 Å². The van der Waals surface area contributed by atoms with Crippen LogP contribution in [0.1, 0.15) is 46.5 Å². The minimum atomic E-state index is -0.802. The molecule has 2 atom stereocenters. The molecule has 20 heavy (non-hydrogen) atoms. The van der Waals surface area contributed by atoms with Gasteiger partial charge in [-0.1, -0.05) is 13.8 Å². The third kappa shape index (κ3) is 5.04. The van der Waals surface area contributed by atoms with Gasteiger partial charge in [0.25, 0.3) is 0 Å². The summed E-state index contributed by atoms with van der Waals surface area (Å²) in [7, 11) is 0. The molecule has 0 aromatic rings. The first-order valence-electron chi connectivity index (χ1n) is 7.83. The fraction of sp³-hybridized carbons (Fsp3) is 0.933. The predicted molar refractivity (Wildman–Crippen MR) is 80.0 cm³/mol. The number of carboxylic acids is 1. The molecule has 1 rings (SSSR count). The van der Waals surface area contributed by atoms with Crippen molar-refractivity contribution in [2.45, 2.75) is 58.0 Å². The lowest BCUT2D eigenvalue weighted by atomic mass is 9.95. The van der Waals surface area contributed by atoms with Gasteiger partial charge in [-0.3, -0.25) is 9.69 Å². The Morgan fingerprint density at radius 3 is 2.85 bits per heavy atom. The quantitative estimate of drug-likeness (QED) is 0.676. The average molecular weight is 286 g/mol. The van der Waals surface area contributed by atoms with E-state index in [1.807, 2.05) is 0 Å². The zero-order valence-corrected chi connectivity index (χ0v) is 13.2. The van der Waals surface area contributed by atoms with Crippen molar-refractivity contribution in [3.8, 4) is 0 Å². The summed E-state index contributed by atoms with van der Waals surface area (Å²) in [4.78, 5) is 13.9. The first-order valence-corrected chi connectivity index (χ1v) is 7.83. The number of morpholine rings is 1. The first kappa shape index (κ1) is 17.4. The largest absolute Gasteiger partial charge is 0.480 e. The van der Waals surface area contributed by atoms with E-state index in [4.69, 9.17) is 4.74 Å². The minimum absolute atomic E-state index is 0.489. The van der Waals surface area contributed by atoms with E-state index in [0.717, 1.165) is 52.1 Å². The highest BCUT2D eigenvalue weighted by atomic mass is 16.5. The van der Waals surface area contributed by atoms with Gasteiger partial charge in [-0.15, -0.1) is 0 Å². The minimum Gasteiger partial charge on any atom is -0.480 e. The summed E-state index contributed by atoms with van der Waals surface area (Å²) in [5.74, 6) is -0.750. The average Bonchev–Trinajstić information content (AvgIpc) is 2.45. The van der Waals surface area contributed by atoms with Crippen LogP contribution in [0.15, 0.2) is 0 Å². The normalized spacial score (nSPS) is 23.4. The summed E-state index contributed by atoms with van der Waals surface area (Å²) in [5, 5.41) is 12.6. The Bertz CT molecular complexity index is 299. The number of aliphatic carboxylic acids is 1. The second-order valence-corrected chi connectivity index (χ2v) is 5.84. The van der Waals surface area contributed by atoms with Crippen molar-refractivity contribution >= 4 is 5.97 Å². The van der Waals surface area contributed by atoms with E-state index in [1.54, 1.807) is 6.92 Å². The van der Waals surface area contributed by atoms with Crippen LogP contribution in [0.4, 0.5) is 0 Å². The fourth-order valence-electron chi connectivity index (χ4n) is 2.67. The molecular formula is C15H30N2O3. The molecule has 5 nitrogen and oxygen atoms in total. The summed E-state index contributed by atoms with van der Waals surface area (Å²) in [6.07, 6.45) is 3.60. The second kappa shape index (κ2) is 8.60. The molecule has 0 aromatic carbocycles. The van der Waals surface area contributed by atoms with Gasteiger partial charge >= 0.3 is 5.97 Å². The van der Waals surface area contributed by atoms with Crippen LogP contribution in [0.5, 0.6) is 0 Å². The Balaban J connectivity index is 2.41. The third-order valence-corrected chi connectivity index (χ3v) is 4.18. The molecule has 0 bridgehead atoms. The molecule has 1 heterocycles. The van der Waals surface area contributed by atoms with Crippen molar-refractivity contribution in [1.29, 1.82) is 0 Å². The van der Waals surface area contributed by atoms with Crippen molar-refractivity contribution in [2.75, 3.05) is 32.8 Å². The Labute approximate surface area is 122 Å². The summed E-state index contributed by atoms with van der Waals surface area (Å²) in [5.41, 5.74) is -0.802. The van der Waals surface area contributed by atoms with E-state index in [1.165, 1.54) is 0 Å². The molecular weight excluding hydrogens is 256 g/mol. The lowest BCUT2D eigenvalue weighted by Crippen LogP contribution is -2.51. The molecule has 0 radical (unpaired) electrons. The van der Waals surface area contributed by atoms with E-state index >= 15 is 0 Å². The Kier molecular flexibility index (Phi) is 7.48. The van der Waals surface area contributed by atoms with Crippen LogP contribution in [0.2, 0.25) is 0 Å². The third-order valence-electron chi connectivity index (χ3n) is 4.18. The van der Waals surface area contributed by atoms with Gasteiger partial charge in [-0.25, -0.2) is 0 Å². The number of rotatable bonds is 9. The van der Waals surface area contributed by atoms with Crippen LogP contribution >= 0.6 is 0 Å². The van der Waals surface area contributed by atoms with Gasteiger partial charge in [0.05, 0.1) is 13.2 Å². The Hall–Kier alpha value is -0.650. The summed E-state index contributed by atoms with van der Waals surface area (Å²) >= 11 is 0. The molecule has 0 spiro atoms. The van der Waals surface area contributed by atoms with Gasteiger partial charge in [0, 0.05) is 12.6 Å². The number of hydrogen-bond acceptors (Lipinski definition) is 4. The van der Waals surface area contributed by atoms with Crippen LogP contribution in [-0.4, -0.2) is 60.4 Å². The highest BCUT2D eigenvalue weighted by molar-refractivity contribution is 5.78. The van der Waals surface area contributed by atoms with Crippen molar-refractivity contribution < 1.29 is 14.6 Å². The van der Waals surface area contributed by atoms with Gasteiger partial charge in [-0.05, 0) is 45.7 Å². The molecule has 5 heteroatoms.